The molecule has 1 heterocycles. The van der Waals surface area contributed by atoms with Crippen molar-refractivity contribution in [3.8, 4) is 0 Å². The largest absolute Gasteiger partial charge is 0.340 e. The van der Waals surface area contributed by atoms with Gasteiger partial charge >= 0.3 is 0 Å². The molecule has 3 nitrogen and oxygen atoms in total. The summed E-state index contributed by atoms with van der Waals surface area (Å²) >= 11 is 5.66. The Kier molecular flexibility index (Phi) is 4.27. The summed E-state index contributed by atoms with van der Waals surface area (Å²) in [5.41, 5.74) is 1.36. The smallest absolute Gasteiger partial charge is 0.237 e. The number of nitrogens with zero attached hydrogens (tertiary/aromatic N) is 2. The third-order valence-electron chi connectivity index (χ3n) is 4.32. The van der Waals surface area contributed by atoms with Crippen LogP contribution in [0.15, 0.2) is 30.3 Å². The van der Waals surface area contributed by atoms with Gasteiger partial charge in [-0.05, 0) is 24.8 Å². The highest BCUT2D eigenvalue weighted by atomic mass is 35.5. The van der Waals surface area contributed by atoms with Crippen molar-refractivity contribution in [3.63, 3.8) is 0 Å². The summed E-state index contributed by atoms with van der Waals surface area (Å²) in [6.45, 7) is 2.70. The molecule has 1 aliphatic carbocycles. The molecule has 108 valence electrons. The number of carbonyl (C=O) groups is 1. The van der Waals surface area contributed by atoms with E-state index in [1.54, 1.807) is 0 Å². The summed E-state index contributed by atoms with van der Waals surface area (Å²) in [5.74, 6) is 0.180. The molecule has 0 bridgehead atoms. The number of hydrogen-bond acceptors (Lipinski definition) is 2. The molecule has 0 unspecified atom stereocenters. The van der Waals surface area contributed by atoms with Crippen molar-refractivity contribution in [2.45, 2.75) is 37.9 Å². The lowest BCUT2D eigenvalue weighted by Crippen LogP contribution is -2.40. The Morgan fingerprint density at radius 2 is 1.95 bits per heavy atom. The fourth-order valence-corrected chi connectivity index (χ4v) is 3.25. The lowest BCUT2D eigenvalue weighted by atomic mass is 10.1. The van der Waals surface area contributed by atoms with Crippen molar-refractivity contribution in [1.29, 1.82) is 0 Å². The Bertz CT molecular complexity index is 461. The molecule has 4 heteroatoms. The van der Waals surface area contributed by atoms with Crippen molar-refractivity contribution in [1.82, 2.24) is 9.80 Å². The van der Waals surface area contributed by atoms with Gasteiger partial charge in [-0.3, -0.25) is 9.69 Å². The third-order valence-corrected chi connectivity index (χ3v) is 4.55. The Hall–Kier alpha value is -1.06. The predicted molar refractivity (Wildman–Crippen MR) is 80.7 cm³/mol. The van der Waals surface area contributed by atoms with E-state index < -0.39 is 0 Å². The van der Waals surface area contributed by atoms with Crippen molar-refractivity contribution in [3.05, 3.63) is 35.9 Å². The highest BCUT2D eigenvalue weighted by Gasteiger charge is 2.37. The van der Waals surface area contributed by atoms with Gasteiger partial charge in [0.25, 0.3) is 0 Å². The Balaban J connectivity index is 1.65. The van der Waals surface area contributed by atoms with Gasteiger partial charge in [0.05, 0.1) is 0 Å². The van der Waals surface area contributed by atoms with Crippen LogP contribution in [0.2, 0.25) is 0 Å². The third kappa shape index (κ3) is 3.15. The van der Waals surface area contributed by atoms with Crippen LogP contribution in [0.1, 0.15) is 24.8 Å². The molecule has 1 aromatic carbocycles. The lowest BCUT2D eigenvalue weighted by molar-refractivity contribution is -0.127. The molecule has 20 heavy (non-hydrogen) atoms. The number of rotatable bonds is 5. The van der Waals surface area contributed by atoms with E-state index in [2.05, 4.69) is 35.2 Å². The molecule has 0 N–H and O–H groups in total. The number of alkyl halides is 1. The van der Waals surface area contributed by atoms with Gasteiger partial charge in [-0.2, -0.15) is 0 Å². The van der Waals surface area contributed by atoms with Gasteiger partial charge in [0.1, 0.15) is 5.88 Å². The molecule has 2 aliphatic rings. The summed E-state index contributed by atoms with van der Waals surface area (Å²) in [5, 5.41) is 0. The highest BCUT2D eigenvalue weighted by Crippen LogP contribution is 2.32. The van der Waals surface area contributed by atoms with Gasteiger partial charge in [0.15, 0.2) is 0 Å². The molecule has 0 aromatic heterocycles. The summed E-state index contributed by atoms with van der Waals surface area (Å²) in [4.78, 5) is 16.2. The normalized spacial score (nSPS) is 22.5. The van der Waals surface area contributed by atoms with Gasteiger partial charge in [0.2, 0.25) is 5.91 Å². The van der Waals surface area contributed by atoms with Crippen molar-refractivity contribution >= 4 is 17.5 Å². The van der Waals surface area contributed by atoms with Gasteiger partial charge in [-0.25, -0.2) is 0 Å². The molecular weight excluding hydrogens is 272 g/mol. The van der Waals surface area contributed by atoms with Gasteiger partial charge < -0.3 is 4.90 Å². The van der Waals surface area contributed by atoms with Crippen LogP contribution in [0.3, 0.4) is 0 Å². The van der Waals surface area contributed by atoms with E-state index >= 15 is 0 Å². The minimum absolute atomic E-state index is 0.0737. The number of hydrogen-bond donors (Lipinski definition) is 0. The molecule has 3 rings (SSSR count). The van der Waals surface area contributed by atoms with Gasteiger partial charge in [-0.1, -0.05) is 30.3 Å². The van der Waals surface area contributed by atoms with Crippen LogP contribution in [0.4, 0.5) is 0 Å². The summed E-state index contributed by atoms with van der Waals surface area (Å²) < 4.78 is 0. The SMILES string of the molecule is O=C(CCl)N1CC[C@@H](N(Cc2ccccc2)C2CC2)C1. The quantitative estimate of drug-likeness (QED) is 0.779. The lowest BCUT2D eigenvalue weighted by Gasteiger charge is -2.29. The van der Waals surface area contributed by atoms with Crippen LogP contribution < -0.4 is 0 Å². The zero-order valence-corrected chi connectivity index (χ0v) is 12.4. The predicted octanol–water partition coefficient (Wildman–Crippen LogP) is 2.49. The second-order valence-electron chi connectivity index (χ2n) is 5.80. The molecule has 1 aromatic rings. The Morgan fingerprint density at radius 3 is 2.60 bits per heavy atom. The van der Waals surface area contributed by atoms with E-state index in [1.165, 1.54) is 18.4 Å². The number of amides is 1. The van der Waals surface area contributed by atoms with E-state index in [9.17, 15) is 4.79 Å². The molecule has 1 saturated carbocycles. The maximum Gasteiger partial charge on any atom is 0.237 e. The van der Waals surface area contributed by atoms with Gasteiger partial charge in [-0.15, -0.1) is 11.6 Å². The fraction of sp³-hybridized carbons (Fsp3) is 0.562. The Morgan fingerprint density at radius 1 is 1.20 bits per heavy atom. The fourth-order valence-electron chi connectivity index (χ4n) is 3.08. The molecule has 1 amide bonds. The highest BCUT2D eigenvalue weighted by molar-refractivity contribution is 6.27. The van der Waals surface area contributed by atoms with E-state index in [0.29, 0.717) is 12.1 Å². The van der Waals surface area contributed by atoms with E-state index in [1.807, 2.05) is 4.90 Å². The molecular formula is C16H21ClN2O. The van der Waals surface area contributed by atoms with Crippen LogP contribution in [0, 0.1) is 0 Å². The van der Waals surface area contributed by atoms with Crippen molar-refractivity contribution < 1.29 is 4.79 Å². The first-order valence-corrected chi connectivity index (χ1v) is 7.95. The van der Waals surface area contributed by atoms with Crippen LogP contribution in [0.5, 0.6) is 0 Å². The average Bonchev–Trinajstić information content (AvgIpc) is 3.21. The second kappa shape index (κ2) is 6.15. The first kappa shape index (κ1) is 13.9. The zero-order chi connectivity index (χ0) is 13.9. The molecule has 2 fully saturated rings. The monoisotopic (exact) mass is 292 g/mol. The second-order valence-corrected chi connectivity index (χ2v) is 6.07. The number of likely N-dealkylation sites (tertiary alicyclic amines) is 1. The van der Waals surface area contributed by atoms with E-state index in [4.69, 9.17) is 11.6 Å². The number of benzene rings is 1. The standard InChI is InChI=1S/C16H21ClN2O/c17-10-16(20)18-9-8-15(12-18)19(14-6-7-14)11-13-4-2-1-3-5-13/h1-5,14-15H,6-12H2/t15-/m1/s1. The van der Waals surface area contributed by atoms with Crippen LogP contribution in [-0.2, 0) is 11.3 Å². The minimum atomic E-state index is 0.0737. The zero-order valence-electron chi connectivity index (χ0n) is 11.7. The van der Waals surface area contributed by atoms with Crippen LogP contribution in [0.25, 0.3) is 0 Å². The molecule has 1 saturated heterocycles. The summed E-state index contributed by atoms with van der Waals surface area (Å²) in [6, 6.07) is 11.8. The van der Waals surface area contributed by atoms with Crippen molar-refractivity contribution in [2.75, 3.05) is 19.0 Å². The molecule has 1 aliphatic heterocycles. The first-order valence-electron chi connectivity index (χ1n) is 7.41. The molecule has 0 radical (unpaired) electrons. The number of carbonyl (C=O) groups excluding carboxylic acids is 1. The van der Waals surface area contributed by atoms with Gasteiger partial charge in [0, 0.05) is 31.7 Å². The average molecular weight is 293 g/mol. The maximum atomic E-state index is 11.7. The van der Waals surface area contributed by atoms with E-state index in [0.717, 1.165) is 26.1 Å². The van der Waals surface area contributed by atoms with E-state index in [-0.39, 0.29) is 11.8 Å². The maximum absolute atomic E-state index is 11.7. The van der Waals surface area contributed by atoms with Crippen LogP contribution >= 0.6 is 11.6 Å². The molecule has 1 atom stereocenters. The molecule has 0 spiro atoms. The summed E-state index contributed by atoms with van der Waals surface area (Å²) in [6.07, 6.45) is 3.67. The van der Waals surface area contributed by atoms with Crippen LogP contribution in [-0.4, -0.2) is 46.8 Å². The summed E-state index contributed by atoms with van der Waals surface area (Å²) in [7, 11) is 0. The number of halogens is 1. The topological polar surface area (TPSA) is 23.6 Å². The first-order chi connectivity index (χ1) is 9.78. The Labute approximate surface area is 125 Å². The minimum Gasteiger partial charge on any atom is -0.340 e. The van der Waals surface area contributed by atoms with Crippen molar-refractivity contribution in [2.24, 2.45) is 0 Å².